The highest BCUT2D eigenvalue weighted by Crippen LogP contribution is 2.34. The lowest BCUT2D eigenvalue weighted by atomic mass is 10.1. The van der Waals surface area contributed by atoms with Crippen LogP contribution in [0.5, 0.6) is 11.5 Å². The summed E-state index contributed by atoms with van der Waals surface area (Å²) in [7, 11) is 0. The summed E-state index contributed by atoms with van der Waals surface area (Å²) in [5.74, 6) is 2.37. The molecule has 0 radical (unpaired) electrons. The Hall–Kier alpha value is -1.26. The molecule has 3 rings (SSSR count). The molecule has 0 bridgehead atoms. The van der Waals surface area contributed by atoms with Crippen LogP contribution in [0.15, 0.2) is 18.2 Å². The number of rotatable bonds is 5. The van der Waals surface area contributed by atoms with Gasteiger partial charge in [-0.05, 0) is 30.9 Å². The molecular formula is C13H17NO3. The van der Waals surface area contributed by atoms with Crippen LogP contribution < -0.4 is 15.2 Å². The van der Waals surface area contributed by atoms with Gasteiger partial charge in [-0.25, -0.2) is 0 Å². The third-order valence-electron chi connectivity index (χ3n) is 3.16. The SMILES string of the molecule is NC1COc2cc(OCOCC3CC3)ccc21. The first-order valence-electron chi connectivity index (χ1n) is 6.06. The summed E-state index contributed by atoms with van der Waals surface area (Å²) in [5.41, 5.74) is 6.92. The average Bonchev–Trinajstić information content (AvgIpc) is 3.10. The fourth-order valence-electron chi connectivity index (χ4n) is 1.91. The number of benzene rings is 1. The van der Waals surface area contributed by atoms with Gasteiger partial charge in [-0.15, -0.1) is 0 Å². The minimum atomic E-state index is -0.00910. The van der Waals surface area contributed by atoms with Gasteiger partial charge in [0.25, 0.3) is 0 Å². The van der Waals surface area contributed by atoms with E-state index in [1.165, 1.54) is 12.8 Å². The fraction of sp³-hybridized carbons (Fsp3) is 0.538. The van der Waals surface area contributed by atoms with Crippen LogP contribution in [-0.4, -0.2) is 20.0 Å². The topological polar surface area (TPSA) is 53.7 Å². The summed E-state index contributed by atoms with van der Waals surface area (Å²) >= 11 is 0. The van der Waals surface area contributed by atoms with Crippen molar-refractivity contribution in [3.05, 3.63) is 23.8 Å². The van der Waals surface area contributed by atoms with Gasteiger partial charge in [0.1, 0.15) is 18.1 Å². The Kier molecular flexibility index (Phi) is 2.91. The van der Waals surface area contributed by atoms with Gasteiger partial charge in [0.05, 0.1) is 12.6 Å². The predicted molar refractivity (Wildman–Crippen MR) is 63.0 cm³/mol. The molecule has 1 saturated carbocycles. The van der Waals surface area contributed by atoms with E-state index in [9.17, 15) is 0 Å². The van der Waals surface area contributed by atoms with Crippen LogP contribution >= 0.6 is 0 Å². The summed E-state index contributed by atoms with van der Waals surface area (Å²) in [4.78, 5) is 0. The fourth-order valence-corrected chi connectivity index (χ4v) is 1.91. The van der Waals surface area contributed by atoms with E-state index in [-0.39, 0.29) is 6.04 Å². The summed E-state index contributed by atoms with van der Waals surface area (Å²) in [6.45, 7) is 1.67. The van der Waals surface area contributed by atoms with Crippen LogP contribution in [0.4, 0.5) is 0 Å². The molecule has 92 valence electrons. The second-order valence-electron chi connectivity index (χ2n) is 4.69. The number of hydrogen-bond donors (Lipinski definition) is 1. The van der Waals surface area contributed by atoms with Crippen molar-refractivity contribution >= 4 is 0 Å². The molecule has 2 N–H and O–H groups in total. The molecule has 17 heavy (non-hydrogen) atoms. The van der Waals surface area contributed by atoms with Crippen LogP contribution in [0.3, 0.4) is 0 Å². The Bertz CT molecular complexity index is 404. The maximum Gasteiger partial charge on any atom is 0.189 e. The molecule has 0 saturated heterocycles. The number of hydrogen-bond acceptors (Lipinski definition) is 4. The quantitative estimate of drug-likeness (QED) is 0.625. The molecule has 4 nitrogen and oxygen atoms in total. The molecule has 4 heteroatoms. The van der Waals surface area contributed by atoms with Crippen molar-refractivity contribution in [2.75, 3.05) is 20.0 Å². The van der Waals surface area contributed by atoms with Crippen molar-refractivity contribution in [3.63, 3.8) is 0 Å². The summed E-state index contributed by atoms with van der Waals surface area (Å²) in [5, 5.41) is 0. The maximum atomic E-state index is 5.87. The number of fused-ring (bicyclic) bond motifs is 1. The molecule has 0 amide bonds. The molecule has 2 aliphatic rings. The normalized spacial score (nSPS) is 22.1. The second kappa shape index (κ2) is 4.55. The molecule has 1 fully saturated rings. The van der Waals surface area contributed by atoms with Gasteiger partial charge < -0.3 is 19.9 Å². The minimum absolute atomic E-state index is 0.00910. The lowest BCUT2D eigenvalue weighted by Crippen LogP contribution is -2.10. The first-order chi connectivity index (χ1) is 8.33. The van der Waals surface area contributed by atoms with Gasteiger partial charge in [-0.1, -0.05) is 0 Å². The standard InChI is InChI=1S/C13H17NO3/c14-12-7-16-13-5-10(3-4-11(12)13)17-8-15-6-9-1-2-9/h3-5,9,12H,1-2,6-8,14H2. The predicted octanol–water partition coefficient (Wildman–Crippen LogP) is 1.84. The van der Waals surface area contributed by atoms with Crippen molar-refractivity contribution in [1.29, 1.82) is 0 Å². The lowest BCUT2D eigenvalue weighted by Gasteiger charge is -2.08. The largest absolute Gasteiger partial charge is 0.491 e. The van der Waals surface area contributed by atoms with E-state index >= 15 is 0 Å². The Labute approximate surface area is 101 Å². The van der Waals surface area contributed by atoms with Gasteiger partial charge in [0.15, 0.2) is 6.79 Å². The van der Waals surface area contributed by atoms with Crippen molar-refractivity contribution in [2.45, 2.75) is 18.9 Å². The lowest BCUT2D eigenvalue weighted by molar-refractivity contribution is 0.00990. The summed E-state index contributed by atoms with van der Waals surface area (Å²) in [6.07, 6.45) is 2.59. The van der Waals surface area contributed by atoms with Crippen molar-refractivity contribution in [3.8, 4) is 11.5 Å². The average molecular weight is 235 g/mol. The van der Waals surface area contributed by atoms with Crippen molar-refractivity contribution < 1.29 is 14.2 Å². The first kappa shape index (κ1) is 10.9. The van der Waals surface area contributed by atoms with E-state index in [0.717, 1.165) is 29.6 Å². The van der Waals surface area contributed by atoms with Gasteiger partial charge >= 0.3 is 0 Å². The zero-order valence-electron chi connectivity index (χ0n) is 9.72. The number of nitrogens with two attached hydrogens (primary N) is 1. The first-order valence-corrected chi connectivity index (χ1v) is 6.06. The van der Waals surface area contributed by atoms with Gasteiger partial charge in [-0.3, -0.25) is 0 Å². The highest BCUT2D eigenvalue weighted by atomic mass is 16.7. The van der Waals surface area contributed by atoms with E-state index in [4.69, 9.17) is 19.9 Å². The highest BCUT2D eigenvalue weighted by Gasteiger charge is 2.22. The number of ether oxygens (including phenoxy) is 3. The molecule has 1 aliphatic heterocycles. The molecule has 0 aromatic heterocycles. The summed E-state index contributed by atoms with van der Waals surface area (Å²) in [6, 6.07) is 5.74. The molecular weight excluding hydrogens is 218 g/mol. The second-order valence-corrected chi connectivity index (χ2v) is 4.69. The molecule has 1 heterocycles. The van der Waals surface area contributed by atoms with Crippen LogP contribution in [0.25, 0.3) is 0 Å². The zero-order valence-corrected chi connectivity index (χ0v) is 9.72. The molecule has 1 unspecified atom stereocenters. The van der Waals surface area contributed by atoms with Crippen molar-refractivity contribution in [1.82, 2.24) is 0 Å². The minimum Gasteiger partial charge on any atom is -0.491 e. The van der Waals surface area contributed by atoms with Crippen LogP contribution in [0.2, 0.25) is 0 Å². The van der Waals surface area contributed by atoms with E-state index in [0.29, 0.717) is 13.4 Å². The smallest absolute Gasteiger partial charge is 0.189 e. The zero-order chi connectivity index (χ0) is 11.7. The third-order valence-corrected chi connectivity index (χ3v) is 3.16. The monoisotopic (exact) mass is 235 g/mol. The third kappa shape index (κ3) is 2.53. The molecule has 1 aromatic rings. The van der Waals surface area contributed by atoms with Crippen LogP contribution in [-0.2, 0) is 4.74 Å². The van der Waals surface area contributed by atoms with Gasteiger partial charge in [-0.2, -0.15) is 0 Å². The van der Waals surface area contributed by atoms with E-state index in [1.807, 2.05) is 18.2 Å². The van der Waals surface area contributed by atoms with E-state index in [1.54, 1.807) is 0 Å². The molecule has 1 aromatic carbocycles. The molecule has 1 atom stereocenters. The molecule has 1 aliphatic carbocycles. The van der Waals surface area contributed by atoms with E-state index in [2.05, 4.69) is 0 Å². The Morgan fingerprint density at radius 1 is 1.35 bits per heavy atom. The Balaban J connectivity index is 1.52. The van der Waals surface area contributed by atoms with Gasteiger partial charge in [0.2, 0.25) is 0 Å². The van der Waals surface area contributed by atoms with Gasteiger partial charge in [0, 0.05) is 11.6 Å². The van der Waals surface area contributed by atoms with E-state index < -0.39 is 0 Å². The summed E-state index contributed by atoms with van der Waals surface area (Å²) < 4.78 is 16.4. The van der Waals surface area contributed by atoms with Crippen LogP contribution in [0.1, 0.15) is 24.4 Å². The van der Waals surface area contributed by atoms with Crippen molar-refractivity contribution in [2.24, 2.45) is 11.7 Å². The molecule has 0 spiro atoms. The Morgan fingerprint density at radius 3 is 3.06 bits per heavy atom. The Morgan fingerprint density at radius 2 is 2.24 bits per heavy atom. The van der Waals surface area contributed by atoms with Crippen LogP contribution in [0, 0.1) is 5.92 Å². The highest BCUT2D eigenvalue weighted by molar-refractivity contribution is 5.44. The maximum absolute atomic E-state index is 5.87.